The number of aryl methyl sites for hydroxylation is 1. The molecular weight excluding hydrogens is 388 g/mol. The van der Waals surface area contributed by atoms with E-state index in [2.05, 4.69) is 15.1 Å². The molecule has 0 unspecified atom stereocenters. The molecule has 0 aliphatic rings. The van der Waals surface area contributed by atoms with Crippen LogP contribution >= 0.6 is 11.3 Å². The van der Waals surface area contributed by atoms with Crippen molar-refractivity contribution < 1.29 is 9.84 Å². The normalized spacial score (nSPS) is 10.9. The SMILES string of the molecule is Cn1nc(CCOc2ccc(Cc3sc(=O)[nH]c3O)cc2)nc1-c1ccccc1. The van der Waals surface area contributed by atoms with Crippen LogP contribution in [0.4, 0.5) is 0 Å². The molecular formula is C21H20N4O3S. The Morgan fingerprint density at radius 1 is 1.14 bits per heavy atom. The maximum atomic E-state index is 11.3. The number of aromatic nitrogens is 4. The maximum Gasteiger partial charge on any atom is 0.307 e. The summed E-state index contributed by atoms with van der Waals surface area (Å²) < 4.78 is 7.59. The highest BCUT2D eigenvalue weighted by atomic mass is 32.1. The Bertz CT molecular complexity index is 1150. The number of rotatable bonds is 7. The van der Waals surface area contributed by atoms with Gasteiger partial charge < -0.3 is 9.84 Å². The third kappa shape index (κ3) is 4.55. The molecule has 0 aliphatic carbocycles. The highest BCUT2D eigenvalue weighted by Crippen LogP contribution is 2.22. The fourth-order valence-corrected chi connectivity index (χ4v) is 3.76. The van der Waals surface area contributed by atoms with Crippen molar-refractivity contribution in [2.75, 3.05) is 6.61 Å². The lowest BCUT2D eigenvalue weighted by molar-refractivity contribution is 0.318. The van der Waals surface area contributed by atoms with Gasteiger partial charge in [0.2, 0.25) is 5.88 Å². The summed E-state index contributed by atoms with van der Waals surface area (Å²) in [5.41, 5.74) is 2.02. The van der Waals surface area contributed by atoms with Gasteiger partial charge in [-0.25, -0.2) is 9.67 Å². The molecule has 0 atom stereocenters. The van der Waals surface area contributed by atoms with Crippen LogP contribution in [0.2, 0.25) is 0 Å². The first-order valence-corrected chi connectivity index (χ1v) is 9.98. The summed E-state index contributed by atoms with van der Waals surface area (Å²) in [6, 6.07) is 17.6. The lowest BCUT2D eigenvalue weighted by Crippen LogP contribution is -2.03. The quantitative estimate of drug-likeness (QED) is 0.490. The molecule has 4 rings (SSSR count). The Labute approximate surface area is 171 Å². The average molecular weight is 408 g/mol. The van der Waals surface area contributed by atoms with Crippen LogP contribution in [0.15, 0.2) is 59.4 Å². The topological polar surface area (TPSA) is 93.0 Å². The molecule has 0 fully saturated rings. The van der Waals surface area contributed by atoms with Gasteiger partial charge in [-0.05, 0) is 17.7 Å². The number of nitrogens with one attached hydrogen (secondary N) is 1. The van der Waals surface area contributed by atoms with Crippen LogP contribution in [0.1, 0.15) is 16.3 Å². The van der Waals surface area contributed by atoms with E-state index in [1.54, 1.807) is 4.68 Å². The first-order valence-electron chi connectivity index (χ1n) is 9.16. The van der Waals surface area contributed by atoms with E-state index in [0.29, 0.717) is 24.3 Å². The highest BCUT2D eigenvalue weighted by molar-refractivity contribution is 7.09. The molecule has 2 heterocycles. The van der Waals surface area contributed by atoms with Gasteiger partial charge in [0.05, 0.1) is 11.5 Å². The standard InChI is InChI=1S/C21H20N4O3S/c1-25-19(15-5-3-2-4-6-15)22-18(24-25)11-12-28-16-9-7-14(8-10-16)13-17-20(26)23-21(27)29-17/h2-10,26H,11-13H2,1H3,(H,23,27). The summed E-state index contributed by atoms with van der Waals surface area (Å²) >= 11 is 1.02. The molecule has 0 spiro atoms. The molecule has 4 aromatic rings. The average Bonchev–Trinajstić information content (AvgIpc) is 3.25. The summed E-state index contributed by atoms with van der Waals surface area (Å²) in [7, 11) is 1.89. The van der Waals surface area contributed by atoms with Crippen molar-refractivity contribution in [1.82, 2.24) is 19.7 Å². The molecule has 0 radical (unpaired) electrons. The number of nitrogens with zero attached hydrogens (tertiary/aromatic N) is 3. The van der Waals surface area contributed by atoms with Gasteiger partial charge in [-0.1, -0.05) is 53.8 Å². The minimum atomic E-state index is -0.254. The van der Waals surface area contributed by atoms with Crippen molar-refractivity contribution in [2.45, 2.75) is 12.8 Å². The minimum absolute atomic E-state index is 0.0574. The monoisotopic (exact) mass is 408 g/mol. The number of hydrogen-bond acceptors (Lipinski definition) is 6. The summed E-state index contributed by atoms with van der Waals surface area (Å²) in [6.45, 7) is 0.470. The molecule has 0 amide bonds. The van der Waals surface area contributed by atoms with Crippen LogP contribution in [0.5, 0.6) is 11.6 Å². The molecule has 0 aliphatic heterocycles. The van der Waals surface area contributed by atoms with Crippen molar-refractivity contribution in [3.63, 3.8) is 0 Å². The summed E-state index contributed by atoms with van der Waals surface area (Å²) in [5.74, 6) is 2.26. The van der Waals surface area contributed by atoms with Crippen LogP contribution < -0.4 is 9.61 Å². The van der Waals surface area contributed by atoms with Gasteiger partial charge in [0.1, 0.15) is 5.75 Å². The van der Waals surface area contributed by atoms with E-state index in [9.17, 15) is 9.90 Å². The molecule has 2 N–H and O–H groups in total. The molecule has 29 heavy (non-hydrogen) atoms. The molecule has 2 aromatic carbocycles. The molecule has 0 bridgehead atoms. The Balaban J connectivity index is 1.33. The van der Waals surface area contributed by atoms with Crippen LogP contribution in [0.3, 0.4) is 0 Å². The van der Waals surface area contributed by atoms with Crippen molar-refractivity contribution in [3.05, 3.63) is 80.5 Å². The maximum absolute atomic E-state index is 11.3. The number of thiazole rings is 1. The zero-order valence-corrected chi connectivity index (χ0v) is 16.6. The third-order valence-electron chi connectivity index (χ3n) is 4.42. The Morgan fingerprint density at radius 2 is 1.90 bits per heavy atom. The molecule has 148 valence electrons. The van der Waals surface area contributed by atoms with E-state index < -0.39 is 0 Å². The van der Waals surface area contributed by atoms with E-state index >= 15 is 0 Å². The Kier molecular flexibility index (Phi) is 5.44. The molecule has 8 heteroatoms. The van der Waals surface area contributed by atoms with Crippen LogP contribution in [0.25, 0.3) is 11.4 Å². The first kappa shape index (κ1) is 18.9. The summed E-state index contributed by atoms with van der Waals surface area (Å²) in [6.07, 6.45) is 1.10. The number of benzene rings is 2. The fourth-order valence-electron chi connectivity index (χ4n) is 3.00. The van der Waals surface area contributed by atoms with Gasteiger partial charge in [-0.15, -0.1) is 0 Å². The van der Waals surface area contributed by atoms with E-state index in [0.717, 1.165) is 39.9 Å². The Morgan fingerprint density at radius 3 is 2.59 bits per heavy atom. The number of hydrogen-bond donors (Lipinski definition) is 2. The summed E-state index contributed by atoms with van der Waals surface area (Å²) in [4.78, 5) is 18.6. The first-order chi connectivity index (χ1) is 14.1. The molecule has 0 saturated carbocycles. The molecule has 2 aromatic heterocycles. The number of H-pyrrole nitrogens is 1. The van der Waals surface area contributed by atoms with Crippen molar-refractivity contribution >= 4 is 11.3 Å². The van der Waals surface area contributed by atoms with E-state index in [4.69, 9.17) is 4.74 Å². The highest BCUT2D eigenvalue weighted by Gasteiger charge is 2.10. The zero-order chi connectivity index (χ0) is 20.2. The second-order valence-corrected chi connectivity index (χ2v) is 7.61. The van der Waals surface area contributed by atoms with Gasteiger partial charge in [-0.3, -0.25) is 9.78 Å². The second-order valence-electron chi connectivity index (χ2n) is 6.55. The van der Waals surface area contributed by atoms with Gasteiger partial charge in [-0.2, -0.15) is 5.10 Å². The molecule has 7 nitrogen and oxygen atoms in total. The second kappa shape index (κ2) is 8.32. The number of aromatic hydroxyl groups is 1. The van der Waals surface area contributed by atoms with Crippen molar-refractivity contribution in [2.24, 2.45) is 7.05 Å². The summed E-state index contributed by atoms with van der Waals surface area (Å²) in [5, 5.41) is 14.1. The van der Waals surface area contributed by atoms with Gasteiger partial charge in [0.15, 0.2) is 11.6 Å². The lowest BCUT2D eigenvalue weighted by atomic mass is 10.1. The smallest absolute Gasteiger partial charge is 0.307 e. The third-order valence-corrected chi connectivity index (χ3v) is 5.29. The fraction of sp³-hybridized carbons (Fsp3) is 0.190. The number of aromatic amines is 1. The zero-order valence-electron chi connectivity index (χ0n) is 15.8. The van der Waals surface area contributed by atoms with Gasteiger partial charge in [0, 0.05) is 25.5 Å². The van der Waals surface area contributed by atoms with E-state index in [-0.39, 0.29) is 10.8 Å². The minimum Gasteiger partial charge on any atom is -0.494 e. The Hall–Kier alpha value is -3.39. The van der Waals surface area contributed by atoms with E-state index in [1.807, 2.05) is 61.6 Å². The van der Waals surface area contributed by atoms with Gasteiger partial charge >= 0.3 is 4.87 Å². The predicted octanol–water partition coefficient (Wildman–Crippen LogP) is 3.15. The van der Waals surface area contributed by atoms with Crippen molar-refractivity contribution in [3.8, 4) is 23.0 Å². The van der Waals surface area contributed by atoms with Crippen LogP contribution in [-0.2, 0) is 19.9 Å². The number of ether oxygens (including phenoxy) is 1. The van der Waals surface area contributed by atoms with Crippen molar-refractivity contribution in [1.29, 1.82) is 0 Å². The van der Waals surface area contributed by atoms with Gasteiger partial charge in [0.25, 0.3) is 0 Å². The van der Waals surface area contributed by atoms with Crippen LogP contribution in [-0.4, -0.2) is 31.5 Å². The lowest BCUT2D eigenvalue weighted by Gasteiger charge is -2.06. The van der Waals surface area contributed by atoms with Crippen LogP contribution in [0, 0.1) is 0 Å². The molecule has 0 saturated heterocycles. The largest absolute Gasteiger partial charge is 0.494 e. The predicted molar refractivity (Wildman–Crippen MR) is 111 cm³/mol. The van der Waals surface area contributed by atoms with E-state index in [1.165, 1.54) is 0 Å².